The number of nitrogens with zero attached hydrogens (tertiary/aromatic N) is 1. The maximum Gasteiger partial charge on any atom is 0.255 e. The Hall–Kier alpha value is -3.15. The summed E-state index contributed by atoms with van der Waals surface area (Å²) >= 11 is 0. The fraction of sp³-hybridized carbons (Fsp3) is 0.286. The molecule has 0 spiro atoms. The molecule has 27 heavy (non-hydrogen) atoms. The van der Waals surface area contributed by atoms with Gasteiger partial charge in [-0.25, -0.2) is 5.01 Å². The number of benzene rings is 2. The van der Waals surface area contributed by atoms with Gasteiger partial charge >= 0.3 is 0 Å². The van der Waals surface area contributed by atoms with Crippen LogP contribution < -0.4 is 15.8 Å². The van der Waals surface area contributed by atoms with Crippen LogP contribution >= 0.6 is 0 Å². The van der Waals surface area contributed by atoms with Gasteiger partial charge in [0.25, 0.3) is 5.91 Å². The molecule has 1 aliphatic heterocycles. The minimum atomic E-state index is -0.203. The zero-order valence-electron chi connectivity index (χ0n) is 15.5. The first kappa shape index (κ1) is 18.6. The minimum Gasteiger partial charge on any atom is -0.321 e. The molecular formula is C21H23N3O3. The van der Waals surface area contributed by atoms with Gasteiger partial charge in [-0.05, 0) is 48.2 Å². The molecule has 0 aromatic heterocycles. The fourth-order valence-corrected chi connectivity index (χ4v) is 3.13. The van der Waals surface area contributed by atoms with Crippen molar-refractivity contribution in [2.24, 2.45) is 0 Å². The van der Waals surface area contributed by atoms with Crippen LogP contribution in [0, 0.1) is 0 Å². The van der Waals surface area contributed by atoms with Gasteiger partial charge in [-0.3, -0.25) is 19.8 Å². The van der Waals surface area contributed by atoms with Gasteiger partial charge in [0.05, 0.1) is 5.69 Å². The van der Waals surface area contributed by atoms with Crippen molar-refractivity contribution in [2.45, 2.75) is 39.5 Å². The van der Waals surface area contributed by atoms with Gasteiger partial charge in [0.1, 0.15) is 0 Å². The van der Waals surface area contributed by atoms with Crippen molar-refractivity contribution in [1.82, 2.24) is 5.43 Å². The second-order valence-electron chi connectivity index (χ2n) is 6.42. The number of aryl methyl sites for hydroxylation is 2. The Morgan fingerprint density at radius 1 is 1.00 bits per heavy atom. The van der Waals surface area contributed by atoms with Crippen LogP contribution in [0.4, 0.5) is 11.4 Å². The Balaban J connectivity index is 1.79. The first-order chi connectivity index (χ1) is 13.0. The third kappa shape index (κ3) is 4.00. The lowest BCUT2D eigenvalue weighted by Gasteiger charge is -2.27. The minimum absolute atomic E-state index is 0.170. The van der Waals surface area contributed by atoms with Crippen LogP contribution in [0.15, 0.2) is 42.5 Å². The molecule has 3 rings (SSSR count). The van der Waals surface area contributed by atoms with E-state index >= 15 is 0 Å². The average molecular weight is 365 g/mol. The number of hydrogen-bond acceptors (Lipinski definition) is 3. The summed E-state index contributed by atoms with van der Waals surface area (Å²) in [6.07, 6.45) is 2.05. The topological polar surface area (TPSA) is 78.5 Å². The van der Waals surface area contributed by atoms with Crippen molar-refractivity contribution < 1.29 is 14.4 Å². The molecule has 2 aromatic rings. The summed E-state index contributed by atoms with van der Waals surface area (Å²) in [4.78, 5) is 36.2. The van der Waals surface area contributed by atoms with E-state index in [0.29, 0.717) is 11.3 Å². The zero-order valence-corrected chi connectivity index (χ0v) is 15.5. The SMILES string of the molecule is CCc1cccc(CC)c1NC(=O)c1ccc(N2NC(=O)CCC2=O)cc1. The summed E-state index contributed by atoms with van der Waals surface area (Å²) < 4.78 is 0. The molecule has 1 fully saturated rings. The predicted octanol–water partition coefficient (Wildman–Crippen LogP) is 3.22. The Kier molecular flexibility index (Phi) is 5.54. The second-order valence-corrected chi connectivity index (χ2v) is 6.42. The molecule has 1 heterocycles. The summed E-state index contributed by atoms with van der Waals surface area (Å²) in [7, 11) is 0. The number of carbonyl (C=O) groups excluding carboxylic acids is 3. The molecule has 0 aliphatic carbocycles. The van der Waals surface area contributed by atoms with Gasteiger partial charge in [0, 0.05) is 24.1 Å². The van der Waals surface area contributed by atoms with Crippen LogP contribution in [0.3, 0.4) is 0 Å². The average Bonchev–Trinajstić information content (AvgIpc) is 2.70. The normalized spacial score (nSPS) is 14.1. The molecule has 0 bridgehead atoms. The highest BCUT2D eigenvalue weighted by Gasteiger charge is 2.24. The molecule has 2 N–H and O–H groups in total. The smallest absolute Gasteiger partial charge is 0.255 e. The molecule has 0 unspecified atom stereocenters. The Bertz CT molecular complexity index is 852. The maximum absolute atomic E-state index is 12.7. The van der Waals surface area contributed by atoms with Gasteiger partial charge in [-0.1, -0.05) is 32.0 Å². The standard InChI is InChI=1S/C21H23N3O3/c1-3-14-6-5-7-15(4-2)20(14)22-21(27)16-8-10-17(11-9-16)24-19(26)13-12-18(25)23-24/h5-11H,3-4,12-13H2,1-2H3,(H,22,27)(H,23,25). The van der Waals surface area contributed by atoms with E-state index in [9.17, 15) is 14.4 Å². The highest BCUT2D eigenvalue weighted by Crippen LogP contribution is 2.24. The number of carbonyl (C=O) groups is 3. The largest absolute Gasteiger partial charge is 0.321 e. The Morgan fingerprint density at radius 3 is 2.22 bits per heavy atom. The predicted molar refractivity (Wildman–Crippen MR) is 104 cm³/mol. The van der Waals surface area contributed by atoms with E-state index in [4.69, 9.17) is 0 Å². The molecule has 1 aliphatic rings. The van der Waals surface area contributed by atoms with Crippen LogP contribution in [-0.2, 0) is 22.4 Å². The van der Waals surface area contributed by atoms with Gasteiger partial charge in [-0.15, -0.1) is 0 Å². The summed E-state index contributed by atoms with van der Waals surface area (Å²) in [5, 5.41) is 4.25. The van der Waals surface area contributed by atoms with E-state index in [1.165, 1.54) is 5.01 Å². The number of anilines is 2. The molecule has 0 radical (unpaired) electrons. The van der Waals surface area contributed by atoms with E-state index in [-0.39, 0.29) is 30.6 Å². The molecule has 1 saturated heterocycles. The number of hydrogen-bond donors (Lipinski definition) is 2. The van der Waals surface area contributed by atoms with E-state index in [1.807, 2.05) is 18.2 Å². The van der Waals surface area contributed by atoms with E-state index in [1.54, 1.807) is 24.3 Å². The fourth-order valence-electron chi connectivity index (χ4n) is 3.13. The quantitative estimate of drug-likeness (QED) is 0.854. The van der Waals surface area contributed by atoms with Crippen molar-refractivity contribution in [1.29, 1.82) is 0 Å². The monoisotopic (exact) mass is 365 g/mol. The maximum atomic E-state index is 12.7. The van der Waals surface area contributed by atoms with Crippen LogP contribution in [0.25, 0.3) is 0 Å². The van der Waals surface area contributed by atoms with Gasteiger partial charge in [-0.2, -0.15) is 0 Å². The van der Waals surface area contributed by atoms with Gasteiger partial charge in [0.2, 0.25) is 11.8 Å². The number of para-hydroxylation sites is 1. The summed E-state index contributed by atoms with van der Waals surface area (Å²) in [5.41, 5.74) is 6.64. The molecular weight excluding hydrogens is 342 g/mol. The summed E-state index contributed by atoms with van der Waals surface area (Å²) in [6.45, 7) is 4.12. The van der Waals surface area contributed by atoms with Crippen molar-refractivity contribution in [3.05, 3.63) is 59.2 Å². The lowest BCUT2D eigenvalue weighted by molar-refractivity contribution is -0.130. The summed E-state index contributed by atoms with van der Waals surface area (Å²) in [6, 6.07) is 12.7. The van der Waals surface area contributed by atoms with Crippen molar-refractivity contribution in [3.8, 4) is 0 Å². The zero-order chi connectivity index (χ0) is 19.4. The third-order valence-electron chi connectivity index (χ3n) is 4.68. The highest BCUT2D eigenvalue weighted by molar-refractivity contribution is 6.06. The van der Waals surface area contributed by atoms with Crippen LogP contribution in [-0.4, -0.2) is 17.7 Å². The summed E-state index contributed by atoms with van der Waals surface area (Å²) in [5.74, 6) is -0.567. The Morgan fingerprint density at radius 2 is 1.63 bits per heavy atom. The molecule has 6 nitrogen and oxygen atoms in total. The number of hydrazine groups is 1. The molecule has 2 aromatic carbocycles. The van der Waals surface area contributed by atoms with Gasteiger partial charge < -0.3 is 5.32 Å². The third-order valence-corrected chi connectivity index (χ3v) is 4.68. The number of rotatable bonds is 5. The van der Waals surface area contributed by atoms with Crippen molar-refractivity contribution in [3.63, 3.8) is 0 Å². The van der Waals surface area contributed by atoms with E-state index in [0.717, 1.165) is 29.7 Å². The molecule has 6 heteroatoms. The molecule has 3 amide bonds. The van der Waals surface area contributed by atoms with E-state index < -0.39 is 0 Å². The van der Waals surface area contributed by atoms with Crippen molar-refractivity contribution in [2.75, 3.05) is 10.3 Å². The Labute approximate surface area is 158 Å². The number of nitrogens with one attached hydrogen (secondary N) is 2. The van der Waals surface area contributed by atoms with Crippen molar-refractivity contribution >= 4 is 29.1 Å². The van der Waals surface area contributed by atoms with E-state index in [2.05, 4.69) is 24.6 Å². The van der Waals surface area contributed by atoms with Crippen LogP contribution in [0.1, 0.15) is 48.2 Å². The molecule has 0 atom stereocenters. The van der Waals surface area contributed by atoms with Gasteiger partial charge in [0.15, 0.2) is 0 Å². The molecule has 140 valence electrons. The highest BCUT2D eigenvalue weighted by atomic mass is 16.2. The number of amides is 3. The van der Waals surface area contributed by atoms with Crippen LogP contribution in [0.2, 0.25) is 0 Å². The molecule has 0 saturated carbocycles. The van der Waals surface area contributed by atoms with Crippen LogP contribution in [0.5, 0.6) is 0 Å². The lowest BCUT2D eigenvalue weighted by atomic mass is 10.0. The lowest BCUT2D eigenvalue weighted by Crippen LogP contribution is -2.50. The second kappa shape index (κ2) is 8.03. The first-order valence-electron chi connectivity index (χ1n) is 9.18. The first-order valence-corrected chi connectivity index (χ1v) is 9.18.